The van der Waals surface area contributed by atoms with Crippen LogP contribution in [0.2, 0.25) is 0 Å². The molecule has 3 heteroatoms. The molecule has 1 aromatic rings. The Morgan fingerprint density at radius 2 is 2.21 bits per heavy atom. The van der Waals surface area contributed by atoms with Crippen LogP contribution in [0, 0.1) is 5.92 Å². The van der Waals surface area contributed by atoms with Gasteiger partial charge in [-0.2, -0.15) is 5.10 Å². The zero-order chi connectivity index (χ0) is 10.7. The van der Waals surface area contributed by atoms with Gasteiger partial charge < -0.3 is 0 Å². The number of aryl methyl sites for hydroxylation is 2. The Kier molecular flexibility index (Phi) is 3.44. The first-order chi connectivity index (χ1) is 6.54. The van der Waals surface area contributed by atoms with Crippen molar-refractivity contribution in [2.24, 2.45) is 13.0 Å². The van der Waals surface area contributed by atoms with Crippen LogP contribution in [0.4, 0.5) is 0 Å². The first-order valence-corrected chi connectivity index (χ1v) is 5.10. The van der Waals surface area contributed by atoms with E-state index in [4.69, 9.17) is 0 Å². The van der Waals surface area contributed by atoms with Crippen molar-refractivity contribution < 1.29 is 4.79 Å². The van der Waals surface area contributed by atoms with Crippen molar-refractivity contribution >= 4 is 5.78 Å². The third-order valence-electron chi connectivity index (χ3n) is 2.17. The maximum atomic E-state index is 11.7. The van der Waals surface area contributed by atoms with E-state index in [0.29, 0.717) is 12.3 Å². The summed E-state index contributed by atoms with van der Waals surface area (Å²) in [4.78, 5) is 11.7. The van der Waals surface area contributed by atoms with Crippen LogP contribution in [-0.4, -0.2) is 15.6 Å². The highest BCUT2D eigenvalue weighted by Gasteiger charge is 2.13. The lowest BCUT2D eigenvalue weighted by atomic mass is 10.1. The van der Waals surface area contributed by atoms with Gasteiger partial charge in [0.15, 0.2) is 5.78 Å². The molecule has 0 N–H and O–H groups in total. The van der Waals surface area contributed by atoms with Gasteiger partial charge in [-0.05, 0) is 18.4 Å². The molecule has 0 unspecified atom stereocenters. The van der Waals surface area contributed by atoms with Crippen molar-refractivity contribution in [3.05, 3.63) is 17.5 Å². The van der Waals surface area contributed by atoms with E-state index in [1.54, 1.807) is 4.68 Å². The molecule has 0 aliphatic rings. The standard InChI is InChI=1S/C11H18N2O/c1-5-9-7-10(13(4)12-9)11(14)6-8(2)3/h7-8H,5-6H2,1-4H3. The van der Waals surface area contributed by atoms with E-state index >= 15 is 0 Å². The van der Waals surface area contributed by atoms with Gasteiger partial charge in [0.2, 0.25) is 0 Å². The van der Waals surface area contributed by atoms with Crippen molar-refractivity contribution in [2.45, 2.75) is 33.6 Å². The number of Topliss-reactive ketones (excluding diaryl/α,β-unsaturated/α-hetero) is 1. The average molecular weight is 194 g/mol. The van der Waals surface area contributed by atoms with Gasteiger partial charge in [-0.15, -0.1) is 0 Å². The number of nitrogens with zero attached hydrogens (tertiary/aromatic N) is 2. The minimum Gasteiger partial charge on any atom is -0.292 e. The Bertz CT molecular complexity index is 326. The van der Waals surface area contributed by atoms with Crippen LogP contribution < -0.4 is 0 Å². The summed E-state index contributed by atoms with van der Waals surface area (Å²) in [6.45, 7) is 6.14. The van der Waals surface area contributed by atoms with E-state index in [0.717, 1.165) is 17.8 Å². The maximum Gasteiger partial charge on any atom is 0.181 e. The Balaban J connectivity index is 2.84. The van der Waals surface area contributed by atoms with Crippen LogP contribution >= 0.6 is 0 Å². The van der Waals surface area contributed by atoms with Crippen molar-refractivity contribution in [3.63, 3.8) is 0 Å². The second kappa shape index (κ2) is 4.40. The fourth-order valence-electron chi connectivity index (χ4n) is 1.44. The molecular formula is C11H18N2O. The molecule has 78 valence electrons. The number of rotatable bonds is 4. The fraction of sp³-hybridized carbons (Fsp3) is 0.636. The lowest BCUT2D eigenvalue weighted by molar-refractivity contribution is 0.0958. The van der Waals surface area contributed by atoms with Gasteiger partial charge >= 0.3 is 0 Å². The molecule has 0 spiro atoms. The summed E-state index contributed by atoms with van der Waals surface area (Å²) in [6, 6.07) is 1.89. The highest BCUT2D eigenvalue weighted by atomic mass is 16.1. The predicted octanol–water partition coefficient (Wildman–Crippen LogP) is 2.21. The van der Waals surface area contributed by atoms with Crippen LogP contribution in [0.3, 0.4) is 0 Å². The van der Waals surface area contributed by atoms with Crippen LogP contribution in [0.25, 0.3) is 0 Å². The molecule has 0 bridgehead atoms. The lowest BCUT2D eigenvalue weighted by Gasteiger charge is -2.03. The number of carbonyl (C=O) groups excluding carboxylic acids is 1. The first kappa shape index (κ1) is 11.0. The molecule has 3 nitrogen and oxygen atoms in total. The van der Waals surface area contributed by atoms with Gasteiger partial charge in [-0.25, -0.2) is 0 Å². The molecule has 0 aliphatic carbocycles. The summed E-state index contributed by atoms with van der Waals surface area (Å²) in [5, 5.41) is 4.25. The quantitative estimate of drug-likeness (QED) is 0.689. The van der Waals surface area contributed by atoms with E-state index < -0.39 is 0 Å². The van der Waals surface area contributed by atoms with Crippen molar-refractivity contribution in [3.8, 4) is 0 Å². The maximum absolute atomic E-state index is 11.7. The molecule has 0 saturated heterocycles. The van der Waals surface area contributed by atoms with Gasteiger partial charge in [-0.3, -0.25) is 9.48 Å². The number of carbonyl (C=O) groups is 1. The van der Waals surface area contributed by atoms with E-state index in [1.807, 2.05) is 20.0 Å². The third-order valence-corrected chi connectivity index (χ3v) is 2.17. The average Bonchev–Trinajstić information content (AvgIpc) is 2.45. The van der Waals surface area contributed by atoms with E-state index in [1.165, 1.54) is 0 Å². The smallest absolute Gasteiger partial charge is 0.181 e. The van der Waals surface area contributed by atoms with Crippen LogP contribution in [0.15, 0.2) is 6.07 Å². The van der Waals surface area contributed by atoms with Gasteiger partial charge in [0.25, 0.3) is 0 Å². The van der Waals surface area contributed by atoms with Gasteiger partial charge in [0.1, 0.15) is 5.69 Å². The number of hydrogen-bond donors (Lipinski definition) is 0. The van der Waals surface area contributed by atoms with Crippen molar-refractivity contribution in [2.75, 3.05) is 0 Å². The molecule has 1 aromatic heterocycles. The van der Waals surface area contributed by atoms with Crippen LogP contribution in [0.1, 0.15) is 43.4 Å². The molecular weight excluding hydrogens is 176 g/mol. The molecule has 1 heterocycles. The minimum atomic E-state index is 0.190. The molecule has 0 amide bonds. The molecule has 0 fully saturated rings. The predicted molar refractivity (Wildman–Crippen MR) is 56.4 cm³/mol. The normalized spacial score (nSPS) is 10.9. The summed E-state index contributed by atoms with van der Waals surface area (Å²) in [6.07, 6.45) is 1.48. The zero-order valence-electron chi connectivity index (χ0n) is 9.37. The van der Waals surface area contributed by atoms with Gasteiger partial charge in [-0.1, -0.05) is 20.8 Å². The third kappa shape index (κ3) is 2.44. The number of aromatic nitrogens is 2. The molecule has 0 saturated carbocycles. The van der Waals surface area contributed by atoms with Crippen LogP contribution in [-0.2, 0) is 13.5 Å². The Morgan fingerprint density at radius 1 is 1.57 bits per heavy atom. The monoisotopic (exact) mass is 194 g/mol. The lowest BCUT2D eigenvalue weighted by Crippen LogP contribution is -2.09. The Hall–Kier alpha value is -1.12. The molecule has 0 aliphatic heterocycles. The van der Waals surface area contributed by atoms with E-state index in [9.17, 15) is 4.79 Å². The molecule has 14 heavy (non-hydrogen) atoms. The summed E-state index contributed by atoms with van der Waals surface area (Å²) in [7, 11) is 1.83. The molecule has 0 aromatic carbocycles. The Labute approximate surface area is 85.1 Å². The fourth-order valence-corrected chi connectivity index (χ4v) is 1.44. The summed E-state index contributed by atoms with van der Waals surface area (Å²) in [5.74, 6) is 0.595. The highest BCUT2D eigenvalue weighted by molar-refractivity contribution is 5.94. The topological polar surface area (TPSA) is 34.9 Å². The second-order valence-electron chi connectivity index (χ2n) is 4.02. The Morgan fingerprint density at radius 3 is 2.64 bits per heavy atom. The summed E-state index contributed by atoms with van der Waals surface area (Å²) in [5.41, 5.74) is 1.72. The summed E-state index contributed by atoms with van der Waals surface area (Å²) >= 11 is 0. The van der Waals surface area contributed by atoms with Crippen molar-refractivity contribution in [1.82, 2.24) is 9.78 Å². The first-order valence-electron chi connectivity index (χ1n) is 5.10. The largest absolute Gasteiger partial charge is 0.292 e. The van der Waals surface area contributed by atoms with E-state index in [-0.39, 0.29) is 5.78 Å². The molecule has 0 atom stereocenters. The highest BCUT2D eigenvalue weighted by Crippen LogP contribution is 2.10. The summed E-state index contributed by atoms with van der Waals surface area (Å²) < 4.78 is 1.68. The SMILES string of the molecule is CCc1cc(C(=O)CC(C)C)n(C)n1. The second-order valence-corrected chi connectivity index (χ2v) is 4.02. The van der Waals surface area contributed by atoms with Gasteiger partial charge in [0.05, 0.1) is 5.69 Å². The zero-order valence-corrected chi connectivity index (χ0v) is 9.37. The van der Waals surface area contributed by atoms with Crippen LogP contribution in [0.5, 0.6) is 0 Å². The van der Waals surface area contributed by atoms with Crippen molar-refractivity contribution in [1.29, 1.82) is 0 Å². The molecule has 0 radical (unpaired) electrons. The number of hydrogen-bond acceptors (Lipinski definition) is 2. The van der Waals surface area contributed by atoms with Gasteiger partial charge in [0, 0.05) is 13.5 Å². The minimum absolute atomic E-state index is 0.190. The van der Waals surface area contributed by atoms with E-state index in [2.05, 4.69) is 18.9 Å². The molecule has 1 rings (SSSR count). The number of ketones is 1.